The fraction of sp³-hybridized carbons (Fsp3) is 0.115. The first-order valence-electron chi connectivity index (χ1n) is 21.9. The lowest BCUT2D eigenvalue weighted by atomic mass is 9.80. The average molecular weight is 796 g/mol. The summed E-state index contributed by atoms with van der Waals surface area (Å²) in [5, 5.41) is 0. The molecule has 1 heteroatoms. The summed E-state index contributed by atoms with van der Waals surface area (Å²) in [6.45, 7) is 11.8. The van der Waals surface area contributed by atoms with Crippen molar-refractivity contribution in [3.05, 3.63) is 234 Å². The lowest BCUT2D eigenvalue weighted by molar-refractivity contribution is 0.660. The maximum absolute atomic E-state index is 2.47. The standard InChI is InChI=1S/C61H49N/c1-40-54(45-28-34-52-50-20-12-14-22-56(50)60(2,3)58(52)36-45)38-49(39-55(40)46-29-35-53-51-21-13-15-23-57(51)61(4,5)59(53)37-46)62(47-30-24-43(25-31-47)41-16-8-6-9-17-41)48-32-26-44(27-33-48)42-18-10-7-11-19-42/h6-39H,1-5H3. The number of nitrogens with zero attached hydrogens (tertiary/aromatic N) is 1. The van der Waals surface area contributed by atoms with Crippen LogP contribution in [0.2, 0.25) is 0 Å². The van der Waals surface area contributed by atoms with E-state index in [1.807, 2.05) is 0 Å². The largest absolute Gasteiger partial charge is 0.310 e. The molecule has 298 valence electrons. The average Bonchev–Trinajstić information content (AvgIpc) is 3.69. The molecule has 0 fully saturated rings. The third-order valence-corrected chi connectivity index (χ3v) is 13.9. The lowest BCUT2D eigenvalue weighted by Crippen LogP contribution is -2.15. The van der Waals surface area contributed by atoms with Gasteiger partial charge in [-0.3, -0.25) is 0 Å². The van der Waals surface area contributed by atoms with Crippen LogP contribution in [-0.2, 0) is 10.8 Å². The van der Waals surface area contributed by atoms with Gasteiger partial charge in [0.1, 0.15) is 0 Å². The molecule has 0 atom stereocenters. The summed E-state index contributed by atoms with van der Waals surface area (Å²) < 4.78 is 0. The van der Waals surface area contributed by atoms with E-state index in [4.69, 9.17) is 0 Å². The maximum Gasteiger partial charge on any atom is 0.0474 e. The highest BCUT2D eigenvalue weighted by Crippen LogP contribution is 2.52. The van der Waals surface area contributed by atoms with Gasteiger partial charge in [-0.1, -0.05) is 185 Å². The van der Waals surface area contributed by atoms with Gasteiger partial charge in [-0.25, -0.2) is 0 Å². The van der Waals surface area contributed by atoms with Crippen LogP contribution < -0.4 is 4.90 Å². The molecule has 11 rings (SSSR count). The summed E-state index contributed by atoms with van der Waals surface area (Å²) >= 11 is 0. The van der Waals surface area contributed by atoms with E-state index in [9.17, 15) is 0 Å². The van der Waals surface area contributed by atoms with Crippen LogP contribution in [0.4, 0.5) is 17.1 Å². The van der Waals surface area contributed by atoms with Crippen LogP contribution in [0.3, 0.4) is 0 Å². The van der Waals surface area contributed by atoms with Crippen LogP contribution in [0.25, 0.3) is 66.8 Å². The number of rotatable bonds is 7. The molecule has 0 amide bonds. The van der Waals surface area contributed by atoms with Gasteiger partial charge in [0.25, 0.3) is 0 Å². The first-order valence-corrected chi connectivity index (χ1v) is 21.9. The van der Waals surface area contributed by atoms with E-state index >= 15 is 0 Å². The van der Waals surface area contributed by atoms with Crippen LogP contribution in [-0.4, -0.2) is 0 Å². The number of fused-ring (bicyclic) bond motifs is 6. The molecule has 0 saturated carbocycles. The van der Waals surface area contributed by atoms with Gasteiger partial charge in [-0.2, -0.15) is 0 Å². The van der Waals surface area contributed by atoms with E-state index in [1.165, 1.54) is 94.6 Å². The van der Waals surface area contributed by atoms with Crippen molar-refractivity contribution < 1.29 is 0 Å². The minimum atomic E-state index is -0.107. The highest BCUT2D eigenvalue weighted by atomic mass is 15.1. The molecule has 0 aliphatic heterocycles. The molecular formula is C61H49N. The summed E-state index contributed by atoms with van der Waals surface area (Å²) in [5.74, 6) is 0. The zero-order valence-electron chi connectivity index (χ0n) is 36.1. The van der Waals surface area contributed by atoms with Gasteiger partial charge in [0.2, 0.25) is 0 Å². The Kier molecular flexibility index (Phi) is 8.81. The predicted octanol–water partition coefficient (Wildman–Crippen LogP) is 16.7. The second kappa shape index (κ2) is 14.5. The summed E-state index contributed by atoms with van der Waals surface area (Å²) in [7, 11) is 0. The molecule has 1 nitrogen and oxygen atoms in total. The second-order valence-corrected chi connectivity index (χ2v) is 18.2. The van der Waals surface area contributed by atoms with Crippen molar-refractivity contribution in [2.24, 2.45) is 0 Å². The van der Waals surface area contributed by atoms with Gasteiger partial charge < -0.3 is 4.90 Å². The minimum Gasteiger partial charge on any atom is -0.310 e. The molecule has 62 heavy (non-hydrogen) atoms. The highest BCUT2D eigenvalue weighted by Gasteiger charge is 2.37. The van der Waals surface area contributed by atoms with Gasteiger partial charge >= 0.3 is 0 Å². The SMILES string of the molecule is Cc1c(-c2ccc3c(c2)C(C)(C)c2ccccc2-3)cc(N(c2ccc(-c3ccccc3)cc2)c2ccc(-c3ccccc3)cc2)cc1-c1ccc2c(c1)C(C)(C)c1ccccc1-2. The van der Waals surface area contributed by atoms with Crippen LogP contribution in [0.5, 0.6) is 0 Å². The van der Waals surface area contributed by atoms with E-state index in [0.29, 0.717) is 0 Å². The smallest absolute Gasteiger partial charge is 0.0474 e. The Bertz CT molecular complexity index is 2940. The Morgan fingerprint density at radius 2 is 0.613 bits per heavy atom. The van der Waals surface area contributed by atoms with Gasteiger partial charge in [0.05, 0.1) is 0 Å². The van der Waals surface area contributed by atoms with Crippen molar-refractivity contribution in [3.8, 4) is 66.8 Å². The molecule has 0 heterocycles. The van der Waals surface area contributed by atoms with Crippen molar-refractivity contribution in [1.29, 1.82) is 0 Å². The first kappa shape index (κ1) is 37.8. The molecule has 0 radical (unpaired) electrons. The van der Waals surface area contributed by atoms with Gasteiger partial charge in [-0.15, -0.1) is 0 Å². The zero-order valence-corrected chi connectivity index (χ0v) is 36.1. The van der Waals surface area contributed by atoms with Crippen LogP contribution >= 0.6 is 0 Å². The zero-order chi connectivity index (χ0) is 42.2. The molecule has 0 spiro atoms. The second-order valence-electron chi connectivity index (χ2n) is 18.2. The summed E-state index contributed by atoms with van der Waals surface area (Å²) in [6.07, 6.45) is 0. The Balaban J connectivity index is 1.13. The Labute approximate surface area is 366 Å². The maximum atomic E-state index is 2.47. The van der Waals surface area contributed by atoms with Gasteiger partial charge in [0, 0.05) is 27.9 Å². The van der Waals surface area contributed by atoms with Gasteiger partial charge in [0.15, 0.2) is 0 Å². The van der Waals surface area contributed by atoms with Crippen LogP contribution in [0, 0.1) is 6.92 Å². The Hall–Kier alpha value is -7.22. The monoisotopic (exact) mass is 795 g/mol. The minimum absolute atomic E-state index is 0.107. The summed E-state index contributed by atoms with van der Waals surface area (Å²) in [6, 6.07) is 76.5. The topological polar surface area (TPSA) is 3.24 Å². The van der Waals surface area contributed by atoms with Crippen molar-refractivity contribution in [2.75, 3.05) is 4.90 Å². The third-order valence-electron chi connectivity index (χ3n) is 13.9. The van der Waals surface area contributed by atoms with E-state index < -0.39 is 0 Å². The van der Waals surface area contributed by atoms with Crippen LogP contribution in [0.15, 0.2) is 206 Å². The fourth-order valence-electron chi connectivity index (χ4n) is 10.5. The van der Waals surface area contributed by atoms with Crippen molar-refractivity contribution in [2.45, 2.75) is 45.4 Å². The number of benzene rings is 9. The van der Waals surface area contributed by atoms with Crippen molar-refractivity contribution in [1.82, 2.24) is 0 Å². The summed E-state index contributed by atoms with van der Waals surface area (Å²) in [5.41, 5.74) is 25.0. The summed E-state index contributed by atoms with van der Waals surface area (Å²) in [4.78, 5) is 2.44. The molecule has 0 bridgehead atoms. The lowest BCUT2D eigenvalue weighted by Gasteiger charge is -2.29. The van der Waals surface area contributed by atoms with Crippen LogP contribution in [0.1, 0.15) is 55.5 Å². The Morgan fingerprint density at radius 1 is 0.274 bits per heavy atom. The number of anilines is 3. The Morgan fingerprint density at radius 3 is 1.03 bits per heavy atom. The molecular weight excluding hydrogens is 747 g/mol. The highest BCUT2D eigenvalue weighted by molar-refractivity contribution is 5.92. The normalized spacial score (nSPS) is 13.8. The quantitative estimate of drug-likeness (QED) is 0.155. The van der Waals surface area contributed by atoms with E-state index in [-0.39, 0.29) is 10.8 Å². The molecule has 9 aromatic carbocycles. The third kappa shape index (κ3) is 6.06. The molecule has 2 aliphatic carbocycles. The molecule has 0 saturated heterocycles. The molecule has 0 N–H and O–H groups in total. The molecule has 0 aromatic heterocycles. The first-order chi connectivity index (χ1) is 30.2. The fourth-order valence-corrected chi connectivity index (χ4v) is 10.5. The van der Waals surface area contributed by atoms with E-state index in [1.54, 1.807) is 0 Å². The number of hydrogen-bond acceptors (Lipinski definition) is 1. The molecule has 9 aromatic rings. The van der Waals surface area contributed by atoms with E-state index in [0.717, 1.165) is 17.1 Å². The predicted molar refractivity (Wildman–Crippen MR) is 263 cm³/mol. The van der Waals surface area contributed by atoms with Crippen molar-refractivity contribution in [3.63, 3.8) is 0 Å². The number of hydrogen-bond donors (Lipinski definition) is 0. The van der Waals surface area contributed by atoms with E-state index in [2.05, 4.69) is 246 Å². The van der Waals surface area contributed by atoms with Gasteiger partial charge in [-0.05, 0) is 150 Å². The molecule has 0 unspecified atom stereocenters. The molecule has 2 aliphatic rings. The van der Waals surface area contributed by atoms with Crippen molar-refractivity contribution >= 4 is 17.1 Å².